The standard InChI is InChI=1S/C29H27NO6/c1-3-13-35-23-9-5-7-21(17-23)30-26(19-6-4-8-22(16-19)34-2)25(28(32)29(30)33)27(31)20-10-11-24-18(15-20)12-14-36-24/h4-11,15-17,26,31H,3,12-14H2,1-2H3/b27-25-. The second-order valence-electron chi connectivity index (χ2n) is 8.71. The first-order valence-corrected chi connectivity index (χ1v) is 12.0. The zero-order valence-electron chi connectivity index (χ0n) is 20.2. The molecular weight excluding hydrogens is 458 g/mol. The number of anilines is 1. The smallest absolute Gasteiger partial charge is 0.300 e. The van der Waals surface area contributed by atoms with E-state index >= 15 is 0 Å². The summed E-state index contributed by atoms with van der Waals surface area (Å²) >= 11 is 0. The van der Waals surface area contributed by atoms with Gasteiger partial charge in [-0.3, -0.25) is 14.5 Å². The summed E-state index contributed by atoms with van der Waals surface area (Å²) in [4.78, 5) is 28.3. The number of hydrogen-bond donors (Lipinski definition) is 1. The van der Waals surface area contributed by atoms with Crippen LogP contribution in [0, 0.1) is 0 Å². The predicted molar refractivity (Wildman–Crippen MR) is 136 cm³/mol. The monoisotopic (exact) mass is 485 g/mol. The van der Waals surface area contributed by atoms with Gasteiger partial charge in [0.25, 0.3) is 11.7 Å². The van der Waals surface area contributed by atoms with Gasteiger partial charge in [0.15, 0.2) is 0 Å². The third kappa shape index (κ3) is 4.17. The molecule has 2 aliphatic rings. The molecule has 36 heavy (non-hydrogen) atoms. The highest BCUT2D eigenvalue weighted by Crippen LogP contribution is 2.44. The summed E-state index contributed by atoms with van der Waals surface area (Å²) in [7, 11) is 1.55. The fourth-order valence-corrected chi connectivity index (χ4v) is 4.66. The first-order valence-electron chi connectivity index (χ1n) is 12.0. The number of carbonyl (C=O) groups is 2. The van der Waals surface area contributed by atoms with Crippen LogP contribution in [-0.4, -0.2) is 37.1 Å². The van der Waals surface area contributed by atoms with E-state index < -0.39 is 17.7 Å². The Morgan fingerprint density at radius 2 is 1.86 bits per heavy atom. The Balaban J connectivity index is 1.67. The Hall–Kier alpha value is -4.26. The van der Waals surface area contributed by atoms with Crippen LogP contribution in [0.25, 0.3) is 5.76 Å². The second kappa shape index (κ2) is 9.77. The molecule has 1 fully saturated rings. The van der Waals surface area contributed by atoms with Crippen molar-refractivity contribution in [2.75, 3.05) is 25.2 Å². The quantitative estimate of drug-likeness (QED) is 0.287. The van der Waals surface area contributed by atoms with Crippen molar-refractivity contribution in [1.82, 2.24) is 0 Å². The summed E-state index contributed by atoms with van der Waals surface area (Å²) in [6, 6.07) is 18.7. The van der Waals surface area contributed by atoms with E-state index in [-0.39, 0.29) is 11.3 Å². The number of nitrogens with zero attached hydrogens (tertiary/aromatic N) is 1. The molecular formula is C29H27NO6. The zero-order chi connectivity index (χ0) is 25.2. The highest BCUT2D eigenvalue weighted by Gasteiger charge is 2.47. The minimum Gasteiger partial charge on any atom is -0.507 e. The number of Topliss-reactive ketones (excluding diaryl/α,β-unsaturated/α-hetero) is 1. The maximum Gasteiger partial charge on any atom is 0.300 e. The Kier molecular flexibility index (Phi) is 6.38. The number of ketones is 1. The summed E-state index contributed by atoms with van der Waals surface area (Å²) in [6.07, 6.45) is 1.55. The predicted octanol–water partition coefficient (Wildman–Crippen LogP) is 5.05. The molecule has 0 aromatic heterocycles. The van der Waals surface area contributed by atoms with Gasteiger partial charge in [0.2, 0.25) is 0 Å². The van der Waals surface area contributed by atoms with Gasteiger partial charge in [-0.2, -0.15) is 0 Å². The first-order chi connectivity index (χ1) is 17.5. The normalized spacial score (nSPS) is 18.2. The number of amides is 1. The van der Waals surface area contributed by atoms with Gasteiger partial charge < -0.3 is 19.3 Å². The lowest BCUT2D eigenvalue weighted by atomic mass is 9.94. The topological polar surface area (TPSA) is 85.3 Å². The molecule has 0 spiro atoms. The molecule has 3 aromatic rings. The fraction of sp³-hybridized carbons (Fsp3) is 0.241. The van der Waals surface area contributed by atoms with Crippen molar-refractivity contribution >= 4 is 23.1 Å². The van der Waals surface area contributed by atoms with Gasteiger partial charge in [0.05, 0.1) is 31.9 Å². The number of fused-ring (bicyclic) bond motifs is 1. The van der Waals surface area contributed by atoms with Crippen LogP contribution in [0.1, 0.15) is 36.1 Å². The maximum atomic E-state index is 13.4. The van der Waals surface area contributed by atoms with Crippen molar-refractivity contribution in [3.05, 3.63) is 89.0 Å². The maximum absolute atomic E-state index is 13.4. The Labute approximate surface area is 209 Å². The molecule has 3 aromatic carbocycles. The number of benzene rings is 3. The molecule has 1 amide bonds. The first kappa shape index (κ1) is 23.5. The largest absolute Gasteiger partial charge is 0.507 e. The van der Waals surface area contributed by atoms with Crippen LogP contribution >= 0.6 is 0 Å². The molecule has 7 heteroatoms. The zero-order valence-corrected chi connectivity index (χ0v) is 20.2. The number of methoxy groups -OCH3 is 1. The molecule has 0 bridgehead atoms. The van der Waals surface area contributed by atoms with Gasteiger partial charge in [-0.05, 0) is 60.0 Å². The van der Waals surface area contributed by atoms with Crippen molar-refractivity contribution in [3.63, 3.8) is 0 Å². The molecule has 1 N–H and O–H groups in total. The fourth-order valence-electron chi connectivity index (χ4n) is 4.66. The molecule has 2 heterocycles. The third-order valence-corrected chi connectivity index (χ3v) is 6.39. The minimum atomic E-state index is -0.856. The van der Waals surface area contributed by atoms with Crippen molar-refractivity contribution in [1.29, 1.82) is 0 Å². The minimum absolute atomic E-state index is 0.0204. The average Bonchev–Trinajstić information content (AvgIpc) is 3.49. The molecule has 1 atom stereocenters. The van der Waals surface area contributed by atoms with Crippen LogP contribution in [0.2, 0.25) is 0 Å². The van der Waals surface area contributed by atoms with Crippen LogP contribution in [0.3, 0.4) is 0 Å². The van der Waals surface area contributed by atoms with E-state index in [9.17, 15) is 14.7 Å². The Bertz CT molecular complexity index is 1360. The van der Waals surface area contributed by atoms with Gasteiger partial charge in [-0.1, -0.05) is 25.1 Å². The number of rotatable bonds is 7. The van der Waals surface area contributed by atoms with E-state index in [2.05, 4.69) is 0 Å². The average molecular weight is 486 g/mol. The summed E-state index contributed by atoms with van der Waals surface area (Å²) < 4.78 is 16.7. The molecule has 0 saturated carbocycles. The van der Waals surface area contributed by atoms with Gasteiger partial charge in [-0.25, -0.2) is 0 Å². The van der Waals surface area contributed by atoms with Gasteiger partial charge in [0, 0.05) is 23.7 Å². The lowest BCUT2D eigenvalue weighted by Crippen LogP contribution is -2.29. The van der Waals surface area contributed by atoms with Gasteiger partial charge in [-0.15, -0.1) is 0 Å². The van der Waals surface area contributed by atoms with Crippen molar-refractivity contribution < 1.29 is 28.9 Å². The Morgan fingerprint density at radius 3 is 2.67 bits per heavy atom. The molecule has 0 aliphatic carbocycles. The molecule has 1 saturated heterocycles. The summed E-state index contributed by atoms with van der Waals surface area (Å²) in [5.41, 5.74) is 2.57. The van der Waals surface area contributed by atoms with Crippen LogP contribution in [-0.2, 0) is 16.0 Å². The van der Waals surface area contributed by atoms with Crippen molar-refractivity contribution in [2.24, 2.45) is 0 Å². The van der Waals surface area contributed by atoms with Gasteiger partial charge >= 0.3 is 0 Å². The number of carbonyl (C=O) groups excluding carboxylic acids is 2. The highest BCUT2D eigenvalue weighted by atomic mass is 16.5. The number of aliphatic hydroxyl groups is 1. The van der Waals surface area contributed by atoms with Gasteiger partial charge in [0.1, 0.15) is 23.0 Å². The Morgan fingerprint density at radius 1 is 1.06 bits per heavy atom. The van der Waals surface area contributed by atoms with Crippen molar-refractivity contribution in [2.45, 2.75) is 25.8 Å². The molecule has 5 rings (SSSR count). The summed E-state index contributed by atoms with van der Waals surface area (Å²) in [5, 5.41) is 11.4. The third-order valence-electron chi connectivity index (χ3n) is 6.39. The van der Waals surface area contributed by atoms with E-state index in [1.165, 1.54) is 4.90 Å². The number of aliphatic hydroxyl groups excluding tert-OH is 1. The van der Waals surface area contributed by atoms with E-state index in [1.54, 1.807) is 55.6 Å². The van der Waals surface area contributed by atoms with Crippen molar-refractivity contribution in [3.8, 4) is 17.2 Å². The van der Waals surface area contributed by atoms with E-state index in [1.807, 2.05) is 25.1 Å². The SMILES string of the molecule is CCCOc1cccc(N2C(=O)C(=O)/C(=C(\O)c3ccc4c(c3)CCO4)C2c2cccc(OC)c2)c1. The van der Waals surface area contributed by atoms with Crippen LogP contribution in [0.4, 0.5) is 5.69 Å². The van der Waals surface area contributed by atoms with E-state index in [0.717, 1.165) is 17.7 Å². The summed E-state index contributed by atoms with van der Waals surface area (Å²) in [5.74, 6) is 0.238. The van der Waals surface area contributed by atoms with E-state index in [0.29, 0.717) is 47.9 Å². The number of hydrogen-bond acceptors (Lipinski definition) is 6. The van der Waals surface area contributed by atoms with Crippen LogP contribution < -0.4 is 19.1 Å². The molecule has 7 nitrogen and oxygen atoms in total. The number of ether oxygens (including phenoxy) is 3. The highest BCUT2D eigenvalue weighted by molar-refractivity contribution is 6.51. The second-order valence-corrected chi connectivity index (χ2v) is 8.71. The van der Waals surface area contributed by atoms with Crippen LogP contribution in [0.15, 0.2) is 72.3 Å². The molecule has 1 unspecified atom stereocenters. The lowest BCUT2D eigenvalue weighted by Gasteiger charge is -2.26. The van der Waals surface area contributed by atoms with E-state index in [4.69, 9.17) is 14.2 Å². The van der Waals surface area contributed by atoms with Crippen LogP contribution in [0.5, 0.6) is 17.2 Å². The summed E-state index contributed by atoms with van der Waals surface area (Å²) in [6.45, 7) is 3.12. The lowest BCUT2D eigenvalue weighted by molar-refractivity contribution is -0.132. The molecule has 2 aliphatic heterocycles. The molecule has 184 valence electrons. The molecule has 0 radical (unpaired) electrons.